The van der Waals surface area contributed by atoms with Crippen LogP contribution in [-0.2, 0) is 6.54 Å². The largest absolute Gasteiger partial charge is 0.497 e. The number of nitrogens with one attached hydrogen (secondary N) is 1. The van der Waals surface area contributed by atoms with Gasteiger partial charge in [-0.25, -0.2) is 4.79 Å². The van der Waals surface area contributed by atoms with Crippen molar-refractivity contribution in [3.8, 4) is 5.75 Å². The number of amides is 2. The Labute approximate surface area is 129 Å². The van der Waals surface area contributed by atoms with E-state index in [0.717, 1.165) is 24.2 Å². The molecule has 1 aliphatic carbocycles. The number of nitrogens with zero attached hydrogens (tertiary/aromatic N) is 2. The van der Waals surface area contributed by atoms with E-state index < -0.39 is 0 Å². The molecule has 0 unspecified atom stereocenters. The molecule has 1 saturated carbocycles. The van der Waals surface area contributed by atoms with Crippen LogP contribution < -0.4 is 10.1 Å². The lowest BCUT2D eigenvalue weighted by atomic mass is 10.2. The molecule has 1 N–H and O–H groups in total. The number of hydrogen-bond acceptors (Lipinski definition) is 4. The number of carbonyl (C=O) groups excluding carboxylic acids is 1. The second kappa shape index (κ2) is 6.09. The SMILES string of the molecule is COc1ccc(CN(C(=O)Nc2cc(C)on2)C2CC2)cc1. The van der Waals surface area contributed by atoms with E-state index in [0.29, 0.717) is 24.2 Å². The summed E-state index contributed by atoms with van der Waals surface area (Å²) in [6.07, 6.45) is 2.09. The summed E-state index contributed by atoms with van der Waals surface area (Å²) in [5.41, 5.74) is 1.07. The van der Waals surface area contributed by atoms with Gasteiger partial charge in [0.1, 0.15) is 11.5 Å². The third-order valence-corrected chi connectivity index (χ3v) is 3.62. The van der Waals surface area contributed by atoms with Gasteiger partial charge in [-0.05, 0) is 37.5 Å². The van der Waals surface area contributed by atoms with Crippen molar-refractivity contribution in [1.29, 1.82) is 0 Å². The van der Waals surface area contributed by atoms with Gasteiger partial charge in [0.25, 0.3) is 0 Å². The summed E-state index contributed by atoms with van der Waals surface area (Å²) < 4.78 is 10.1. The highest BCUT2D eigenvalue weighted by Crippen LogP contribution is 2.29. The van der Waals surface area contributed by atoms with E-state index in [1.54, 1.807) is 20.1 Å². The van der Waals surface area contributed by atoms with Crippen molar-refractivity contribution in [3.05, 3.63) is 41.7 Å². The number of aryl methyl sites for hydroxylation is 1. The van der Waals surface area contributed by atoms with Gasteiger partial charge in [-0.1, -0.05) is 17.3 Å². The molecule has 1 aromatic carbocycles. The lowest BCUT2D eigenvalue weighted by Gasteiger charge is -2.22. The zero-order valence-electron chi connectivity index (χ0n) is 12.7. The van der Waals surface area contributed by atoms with Gasteiger partial charge >= 0.3 is 6.03 Å². The highest BCUT2D eigenvalue weighted by atomic mass is 16.5. The van der Waals surface area contributed by atoms with Crippen LogP contribution in [0.1, 0.15) is 24.2 Å². The Morgan fingerprint density at radius 1 is 1.41 bits per heavy atom. The maximum absolute atomic E-state index is 12.4. The van der Waals surface area contributed by atoms with Gasteiger partial charge in [0.2, 0.25) is 0 Å². The second-order valence-corrected chi connectivity index (χ2v) is 5.46. The molecule has 0 aliphatic heterocycles. The van der Waals surface area contributed by atoms with Crippen LogP contribution in [0.2, 0.25) is 0 Å². The first kappa shape index (κ1) is 14.4. The topological polar surface area (TPSA) is 67.6 Å². The Hall–Kier alpha value is -2.50. The Kier molecular flexibility index (Phi) is 4.00. The molecule has 6 heteroatoms. The maximum Gasteiger partial charge on any atom is 0.323 e. The summed E-state index contributed by atoms with van der Waals surface area (Å²) in [7, 11) is 1.64. The number of carbonyl (C=O) groups is 1. The van der Waals surface area contributed by atoms with E-state index in [-0.39, 0.29) is 6.03 Å². The molecule has 3 rings (SSSR count). The minimum atomic E-state index is -0.147. The first-order valence-corrected chi connectivity index (χ1v) is 7.29. The van der Waals surface area contributed by atoms with Crippen molar-refractivity contribution in [2.24, 2.45) is 0 Å². The number of hydrogen-bond donors (Lipinski definition) is 1. The molecule has 22 heavy (non-hydrogen) atoms. The van der Waals surface area contributed by atoms with Crippen molar-refractivity contribution in [2.75, 3.05) is 12.4 Å². The molecule has 0 spiro atoms. The highest BCUT2D eigenvalue weighted by Gasteiger charge is 2.33. The zero-order chi connectivity index (χ0) is 15.5. The second-order valence-electron chi connectivity index (χ2n) is 5.46. The molecule has 1 fully saturated rings. The van der Waals surface area contributed by atoms with Crippen LogP contribution in [0.25, 0.3) is 0 Å². The van der Waals surface area contributed by atoms with Gasteiger partial charge in [0.15, 0.2) is 5.82 Å². The van der Waals surface area contributed by atoms with Gasteiger partial charge in [0, 0.05) is 18.7 Å². The zero-order valence-corrected chi connectivity index (χ0v) is 12.7. The molecule has 116 valence electrons. The predicted molar refractivity (Wildman–Crippen MR) is 81.8 cm³/mol. The summed E-state index contributed by atoms with van der Waals surface area (Å²) >= 11 is 0. The Balaban J connectivity index is 1.67. The van der Waals surface area contributed by atoms with E-state index in [2.05, 4.69) is 10.5 Å². The maximum atomic E-state index is 12.4. The third kappa shape index (κ3) is 3.39. The lowest BCUT2D eigenvalue weighted by molar-refractivity contribution is 0.206. The summed E-state index contributed by atoms with van der Waals surface area (Å²) in [6.45, 7) is 2.36. The van der Waals surface area contributed by atoms with E-state index in [1.807, 2.05) is 29.2 Å². The molecule has 0 saturated heterocycles. The average Bonchev–Trinajstić information content (AvgIpc) is 3.28. The first-order chi connectivity index (χ1) is 10.7. The fourth-order valence-corrected chi connectivity index (χ4v) is 2.29. The van der Waals surface area contributed by atoms with Crippen molar-refractivity contribution in [3.63, 3.8) is 0 Å². The monoisotopic (exact) mass is 301 g/mol. The van der Waals surface area contributed by atoms with Crippen molar-refractivity contribution in [1.82, 2.24) is 10.1 Å². The molecule has 1 aromatic heterocycles. The minimum absolute atomic E-state index is 0.147. The fourth-order valence-electron chi connectivity index (χ4n) is 2.29. The number of urea groups is 1. The van der Waals surface area contributed by atoms with Gasteiger partial charge in [-0.2, -0.15) is 0 Å². The van der Waals surface area contributed by atoms with E-state index in [4.69, 9.17) is 9.26 Å². The molecular formula is C16H19N3O3. The van der Waals surface area contributed by atoms with Crippen LogP contribution in [0.3, 0.4) is 0 Å². The third-order valence-electron chi connectivity index (χ3n) is 3.62. The van der Waals surface area contributed by atoms with Crippen molar-refractivity contribution < 1.29 is 14.1 Å². The van der Waals surface area contributed by atoms with Gasteiger partial charge in [-0.15, -0.1) is 0 Å². The Morgan fingerprint density at radius 3 is 2.68 bits per heavy atom. The standard InChI is InChI=1S/C16H19N3O3/c1-11-9-15(18-22-11)17-16(20)19(13-5-6-13)10-12-3-7-14(21-2)8-4-12/h3-4,7-9,13H,5-6,10H2,1-2H3,(H,17,18,20). The number of ether oxygens (including phenoxy) is 1. The Bertz CT molecular complexity index is 647. The van der Waals surface area contributed by atoms with Crippen LogP contribution in [0.15, 0.2) is 34.9 Å². The molecule has 1 aliphatic rings. The first-order valence-electron chi connectivity index (χ1n) is 7.29. The quantitative estimate of drug-likeness (QED) is 0.921. The molecule has 0 bridgehead atoms. The predicted octanol–water partition coefficient (Wildman–Crippen LogP) is 3.19. The van der Waals surface area contributed by atoms with Crippen LogP contribution in [0, 0.1) is 6.92 Å². The summed E-state index contributed by atoms with van der Waals surface area (Å²) in [5.74, 6) is 1.93. The number of anilines is 1. The highest BCUT2D eigenvalue weighted by molar-refractivity contribution is 5.88. The molecule has 0 atom stereocenters. The van der Waals surface area contributed by atoms with Gasteiger partial charge in [0.05, 0.1) is 7.11 Å². The number of rotatable bonds is 5. The van der Waals surface area contributed by atoms with Crippen LogP contribution in [0.4, 0.5) is 10.6 Å². The number of methoxy groups -OCH3 is 1. The summed E-state index contributed by atoms with van der Waals surface area (Å²) in [4.78, 5) is 14.3. The van der Waals surface area contributed by atoms with Crippen LogP contribution in [0.5, 0.6) is 5.75 Å². The van der Waals surface area contributed by atoms with Crippen molar-refractivity contribution >= 4 is 11.8 Å². The van der Waals surface area contributed by atoms with Gasteiger partial charge in [-0.3, -0.25) is 5.32 Å². The fraction of sp³-hybridized carbons (Fsp3) is 0.375. The molecule has 2 amide bonds. The van der Waals surface area contributed by atoms with Crippen LogP contribution in [-0.4, -0.2) is 29.2 Å². The molecule has 0 radical (unpaired) electrons. The number of aromatic nitrogens is 1. The van der Waals surface area contributed by atoms with E-state index >= 15 is 0 Å². The Morgan fingerprint density at radius 2 is 2.14 bits per heavy atom. The minimum Gasteiger partial charge on any atom is -0.497 e. The summed E-state index contributed by atoms with van der Waals surface area (Å²) in [6, 6.07) is 9.61. The molecule has 2 aromatic rings. The van der Waals surface area contributed by atoms with Crippen LogP contribution >= 0.6 is 0 Å². The normalized spacial score (nSPS) is 13.7. The summed E-state index contributed by atoms with van der Waals surface area (Å²) in [5, 5.41) is 6.58. The van der Waals surface area contributed by atoms with Gasteiger partial charge < -0.3 is 14.2 Å². The average molecular weight is 301 g/mol. The molecule has 6 nitrogen and oxygen atoms in total. The van der Waals surface area contributed by atoms with E-state index in [9.17, 15) is 4.79 Å². The van der Waals surface area contributed by atoms with Crippen molar-refractivity contribution in [2.45, 2.75) is 32.4 Å². The number of benzene rings is 1. The smallest absolute Gasteiger partial charge is 0.323 e. The lowest BCUT2D eigenvalue weighted by Crippen LogP contribution is -2.36. The molecular weight excluding hydrogens is 282 g/mol. The van der Waals surface area contributed by atoms with E-state index in [1.165, 1.54) is 0 Å². The molecule has 1 heterocycles.